The highest BCUT2D eigenvalue weighted by molar-refractivity contribution is 6.35. The Balaban J connectivity index is 1.03. The van der Waals surface area contributed by atoms with E-state index in [0.29, 0.717) is 48.3 Å². The van der Waals surface area contributed by atoms with Crippen LogP contribution < -0.4 is 15.0 Å². The van der Waals surface area contributed by atoms with Gasteiger partial charge in [-0.2, -0.15) is 4.58 Å². The van der Waals surface area contributed by atoms with Crippen LogP contribution in [0, 0.1) is 12.3 Å². The zero-order valence-corrected chi connectivity index (χ0v) is 42.8. The minimum absolute atomic E-state index is 0.0902. The summed E-state index contributed by atoms with van der Waals surface area (Å²) in [5.41, 5.74) is 9.81. The number of carbonyl (C=O) groups excluding carboxylic acids is 1. The van der Waals surface area contributed by atoms with Gasteiger partial charge < -0.3 is 15.2 Å². The number of amides is 1. The number of carbonyl (C=O) groups is 2. The van der Waals surface area contributed by atoms with Crippen molar-refractivity contribution in [2.45, 2.75) is 122 Å². The number of terminal acetylenes is 1. The van der Waals surface area contributed by atoms with Crippen molar-refractivity contribution >= 4 is 63.8 Å². The third-order valence-corrected chi connectivity index (χ3v) is 14.8. The van der Waals surface area contributed by atoms with Crippen LogP contribution in [0.4, 0.5) is 11.4 Å². The maximum atomic E-state index is 12.8. The van der Waals surface area contributed by atoms with E-state index >= 15 is 0 Å². The van der Waals surface area contributed by atoms with Crippen LogP contribution in [0.3, 0.4) is 0 Å². The molecule has 0 fully saturated rings. The lowest BCUT2D eigenvalue weighted by Gasteiger charge is -2.22. The number of nitrogens with zero attached hydrogens (tertiary/aromatic N) is 2. The van der Waals surface area contributed by atoms with E-state index in [2.05, 4.69) is 121 Å². The minimum atomic E-state index is -0.728. The summed E-state index contributed by atoms with van der Waals surface area (Å²) < 4.78 is 8.30. The molecular formula is C57H71Cl3N4O4+2. The largest absolute Gasteiger partial charge is 0.492 e. The SMILES string of the molecule is C#CCN(CCCNC(=O)CCCCC[N+]1=C(C=CC2=C(Cl)C(=CC=C3[NH+](CCCCCC(=O)O)c4ccccc4C3(C)C)CCC2)C(C)(C)c2ccccc21)CCCOc1ccc(Cl)cc1Cl. The zero-order valence-electron chi connectivity index (χ0n) is 40.6. The fraction of sp³-hybridized carbons (Fsp3) is 0.456. The highest BCUT2D eigenvalue weighted by Crippen LogP contribution is 2.42. The summed E-state index contributed by atoms with van der Waals surface area (Å²) in [5, 5.41) is 14.2. The van der Waals surface area contributed by atoms with Crippen LogP contribution in [-0.4, -0.2) is 78.0 Å². The number of allylic oxidation sites excluding steroid dienone is 8. The molecule has 1 aliphatic carbocycles. The molecule has 0 saturated heterocycles. The average molecular weight is 983 g/mol. The number of quaternary nitrogens is 1. The van der Waals surface area contributed by atoms with Gasteiger partial charge in [-0.05, 0) is 133 Å². The van der Waals surface area contributed by atoms with E-state index in [0.717, 1.165) is 95.4 Å². The van der Waals surface area contributed by atoms with Crippen LogP contribution in [0.25, 0.3) is 0 Å². The van der Waals surface area contributed by atoms with Crippen LogP contribution in [0.2, 0.25) is 10.0 Å². The summed E-state index contributed by atoms with van der Waals surface area (Å²) >= 11 is 19.5. The van der Waals surface area contributed by atoms with E-state index in [-0.39, 0.29) is 23.2 Å². The Kier molecular flexibility index (Phi) is 19.6. The van der Waals surface area contributed by atoms with Gasteiger partial charge in [-0.3, -0.25) is 19.4 Å². The van der Waals surface area contributed by atoms with E-state index in [1.807, 2.05) is 0 Å². The predicted molar refractivity (Wildman–Crippen MR) is 280 cm³/mol. The second kappa shape index (κ2) is 25.3. The van der Waals surface area contributed by atoms with E-state index in [1.165, 1.54) is 50.0 Å². The number of para-hydroxylation sites is 2. The van der Waals surface area contributed by atoms with E-state index < -0.39 is 5.97 Å². The molecule has 0 spiro atoms. The first-order valence-electron chi connectivity index (χ1n) is 24.6. The zero-order chi connectivity index (χ0) is 48.7. The van der Waals surface area contributed by atoms with Crippen molar-refractivity contribution in [1.82, 2.24) is 10.2 Å². The summed E-state index contributed by atoms with van der Waals surface area (Å²) in [6.07, 6.45) is 25.3. The molecule has 362 valence electrons. The van der Waals surface area contributed by atoms with Gasteiger partial charge in [-0.15, -0.1) is 6.42 Å². The number of unbranched alkanes of at least 4 members (excludes halogenated alkanes) is 4. The van der Waals surface area contributed by atoms with Crippen LogP contribution in [0.15, 0.2) is 113 Å². The molecule has 2 aliphatic heterocycles. The van der Waals surface area contributed by atoms with Crippen LogP contribution in [0.1, 0.15) is 122 Å². The smallest absolute Gasteiger partial charge is 0.303 e. The quantitative estimate of drug-likeness (QED) is 0.0447. The molecule has 1 amide bonds. The lowest BCUT2D eigenvalue weighted by atomic mass is 9.81. The maximum absolute atomic E-state index is 12.8. The van der Waals surface area contributed by atoms with Gasteiger partial charge in [0.2, 0.25) is 11.6 Å². The fourth-order valence-electron chi connectivity index (χ4n) is 10.1. The molecule has 6 rings (SSSR count). The lowest BCUT2D eigenvalue weighted by Crippen LogP contribution is -3.04. The number of halogens is 3. The first-order valence-corrected chi connectivity index (χ1v) is 25.8. The number of aliphatic carboxylic acids is 1. The average Bonchev–Trinajstić information content (AvgIpc) is 3.66. The number of hydrogen-bond donors (Lipinski definition) is 3. The Morgan fingerprint density at radius 2 is 1.59 bits per heavy atom. The van der Waals surface area contributed by atoms with Gasteiger partial charge in [0.1, 0.15) is 23.7 Å². The molecule has 3 aliphatic rings. The van der Waals surface area contributed by atoms with E-state index in [4.69, 9.17) is 51.1 Å². The summed E-state index contributed by atoms with van der Waals surface area (Å²) in [7, 11) is 0. The van der Waals surface area contributed by atoms with Gasteiger partial charge in [0.25, 0.3) is 0 Å². The van der Waals surface area contributed by atoms with E-state index in [1.54, 1.807) is 18.2 Å². The molecule has 68 heavy (non-hydrogen) atoms. The fourth-order valence-corrected chi connectivity index (χ4v) is 10.8. The molecule has 11 heteroatoms. The Morgan fingerprint density at radius 3 is 2.37 bits per heavy atom. The van der Waals surface area contributed by atoms with Gasteiger partial charge in [-0.25, -0.2) is 0 Å². The number of carboxylic acids is 1. The van der Waals surface area contributed by atoms with Crippen molar-refractivity contribution < 1.29 is 28.9 Å². The van der Waals surface area contributed by atoms with Crippen molar-refractivity contribution in [3.8, 4) is 18.1 Å². The van der Waals surface area contributed by atoms with Gasteiger partial charge in [0.05, 0.1) is 35.5 Å². The van der Waals surface area contributed by atoms with Crippen LogP contribution in [0.5, 0.6) is 5.75 Å². The number of carboxylic acid groups (broad SMARTS) is 1. The van der Waals surface area contributed by atoms with Gasteiger partial charge >= 0.3 is 5.97 Å². The standard InChI is InChI=1S/C57H69Cl3N4O4/c1-6-35-62(37-19-40-68-50-31-30-44(58)41-47(50)59)36-18-34-61-53(65)26-9-7-15-38-63-48-24-13-11-22-45(48)56(2,3)51(63)32-28-42-20-17-21-43(55(42)60)29-33-52-57(4,5)46-23-12-14-25-49(46)64(52)39-16-8-10-27-54(66)67/h1,11-14,22-25,28-33,41H,7-10,15-21,26-27,34-40H2,2-5H3,(H-,61,65,66,67)/p+2. The molecule has 3 N–H and O–H groups in total. The summed E-state index contributed by atoms with van der Waals surface area (Å²) in [6, 6.07) is 22.7. The number of benzene rings is 3. The van der Waals surface area contributed by atoms with E-state index in [9.17, 15) is 9.59 Å². The summed E-state index contributed by atoms with van der Waals surface area (Å²) in [4.78, 5) is 27.5. The first-order chi connectivity index (χ1) is 32.7. The predicted octanol–water partition coefficient (Wildman–Crippen LogP) is 12.0. The molecule has 0 saturated carbocycles. The number of hydrogen-bond acceptors (Lipinski definition) is 4. The highest BCUT2D eigenvalue weighted by Gasteiger charge is 2.45. The molecule has 2 heterocycles. The van der Waals surface area contributed by atoms with Crippen molar-refractivity contribution in [2.24, 2.45) is 0 Å². The normalized spacial score (nSPS) is 18.4. The third kappa shape index (κ3) is 13.8. The topological polar surface area (TPSA) is 86.3 Å². The third-order valence-electron chi connectivity index (χ3n) is 13.7. The van der Waals surface area contributed by atoms with Crippen molar-refractivity contribution in [2.75, 3.05) is 45.9 Å². The molecule has 3 aromatic carbocycles. The van der Waals surface area contributed by atoms with Gasteiger partial charge in [0, 0.05) is 72.2 Å². The number of rotatable bonds is 25. The molecule has 3 aromatic rings. The Morgan fingerprint density at radius 1 is 0.853 bits per heavy atom. The van der Waals surface area contributed by atoms with Crippen molar-refractivity contribution in [1.29, 1.82) is 0 Å². The first kappa shape index (κ1) is 52.7. The van der Waals surface area contributed by atoms with Crippen LogP contribution in [-0.2, 0) is 20.4 Å². The summed E-state index contributed by atoms with van der Waals surface area (Å²) in [6.45, 7) is 14.3. The second-order valence-corrected chi connectivity index (χ2v) is 20.6. The molecular weight excluding hydrogens is 911 g/mol. The van der Waals surface area contributed by atoms with Crippen LogP contribution >= 0.6 is 34.8 Å². The monoisotopic (exact) mass is 980 g/mol. The molecule has 1 unspecified atom stereocenters. The Labute approximate surface area is 420 Å². The molecule has 1 atom stereocenters. The molecule has 8 nitrogen and oxygen atoms in total. The van der Waals surface area contributed by atoms with Gasteiger partial charge in [-0.1, -0.05) is 89.3 Å². The van der Waals surface area contributed by atoms with Gasteiger partial charge in [0.15, 0.2) is 5.71 Å². The lowest BCUT2D eigenvalue weighted by molar-refractivity contribution is -0.789. The van der Waals surface area contributed by atoms with Crippen molar-refractivity contribution in [3.05, 3.63) is 134 Å². The summed E-state index contributed by atoms with van der Waals surface area (Å²) in [5.74, 6) is 2.73. The second-order valence-electron chi connectivity index (χ2n) is 19.4. The number of fused-ring (bicyclic) bond motifs is 2. The number of nitrogens with one attached hydrogen (secondary N) is 2. The Bertz CT molecular complexity index is 2460. The molecule has 0 radical (unpaired) electrons. The Hall–Kier alpha value is -4.62. The minimum Gasteiger partial charge on any atom is -0.492 e. The number of ether oxygens (including phenoxy) is 1. The van der Waals surface area contributed by atoms with Crippen molar-refractivity contribution in [3.63, 3.8) is 0 Å². The highest BCUT2D eigenvalue weighted by atomic mass is 35.5. The maximum Gasteiger partial charge on any atom is 0.303 e. The molecule has 0 bridgehead atoms. The molecule has 0 aromatic heterocycles.